The molecule has 0 atom stereocenters. The Morgan fingerprint density at radius 2 is 1.68 bits per heavy atom. The molecule has 164 valence electrons. The number of carboxylic acid groups (broad SMARTS) is 1. The lowest BCUT2D eigenvalue weighted by molar-refractivity contribution is 0.0696. The van der Waals surface area contributed by atoms with Crippen molar-refractivity contribution < 1.29 is 28.8 Å². The lowest BCUT2D eigenvalue weighted by atomic mass is 9.93. The van der Waals surface area contributed by atoms with Gasteiger partial charge in [0.15, 0.2) is 23.0 Å². The lowest BCUT2D eigenvalue weighted by Crippen LogP contribution is -2.08. The molecule has 8 heteroatoms. The third-order valence-electron chi connectivity index (χ3n) is 4.82. The molecule has 1 aromatic heterocycles. The predicted octanol–water partition coefficient (Wildman–Crippen LogP) is 5.15. The molecule has 0 bridgehead atoms. The number of ether oxygens (including phenoxy) is 4. The maximum atomic E-state index is 12.3. The zero-order chi connectivity index (χ0) is 22.5. The fraction of sp³-hybridized carbons (Fsp3) is 0.304. The molecule has 0 radical (unpaired) electrons. The van der Waals surface area contributed by atoms with Crippen molar-refractivity contribution >= 4 is 28.5 Å². The largest absolute Gasteiger partial charge is 0.493 e. The summed E-state index contributed by atoms with van der Waals surface area (Å²) in [6, 6.07) is 8.73. The Morgan fingerprint density at radius 1 is 1.00 bits per heavy atom. The molecule has 0 aliphatic heterocycles. The van der Waals surface area contributed by atoms with Gasteiger partial charge < -0.3 is 24.1 Å². The number of carbonyl (C=O) groups is 1. The molecule has 1 heterocycles. The van der Waals surface area contributed by atoms with Crippen molar-refractivity contribution in [3.63, 3.8) is 0 Å². The third-order valence-corrected chi connectivity index (χ3v) is 5.07. The van der Waals surface area contributed by atoms with Crippen LogP contribution in [0.4, 0.5) is 0 Å². The van der Waals surface area contributed by atoms with Crippen LogP contribution in [0.15, 0.2) is 30.3 Å². The zero-order valence-electron chi connectivity index (χ0n) is 17.8. The van der Waals surface area contributed by atoms with Gasteiger partial charge in [0.1, 0.15) is 0 Å². The fourth-order valence-corrected chi connectivity index (χ4v) is 3.62. The van der Waals surface area contributed by atoms with E-state index in [9.17, 15) is 9.90 Å². The van der Waals surface area contributed by atoms with E-state index in [-0.39, 0.29) is 17.1 Å². The maximum absolute atomic E-state index is 12.3. The molecule has 3 aromatic rings. The van der Waals surface area contributed by atoms with E-state index in [1.54, 1.807) is 37.4 Å². The molecule has 31 heavy (non-hydrogen) atoms. The number of pyridine rings is 1. The topological polar surface area (TPSA) is 87.1 Å². The van der Waals surface area contributed by atoms with Gasteiger partial charge in [0, 0.05) is 17.0 Å². The number of nitrogens with zero attached hydrogens (tertiary/aromatic N) is 1. The zero-order valence-corrected chi connectivity index (χ0v) is 18.6. The predicted molar refractivity (Wildman–Crippen MR) is 119 cm³/mol. The van der Waals surface area contributed by atoms with Gasteiger partial charge >= 0.3 is 5.97 Å². The number of fused-ring (bicyclic) bond motifs is 1. The van der Waals surface area contributed by atoms with E-state index < -0.39 is 5.97 Å². The van der Waals surface area contributed by atoms with Crippen molar-refractivity contribution in [1.82, 2.24) is 4.98 Å². The van der Waals surface area contributed by atoms with Crippen LogP contribution in [0.5, 0.6) is 23.0 Å². The SMILES string of the molecule is CCCOc1cc(-c2c(C(=O)O)c(CCl)nc3cc(OC)c(OC)cc23)ccc1OC. The van der Waals surface area contributed by atoms with Crippen LogP contribution in [0.25, 0.3) is 22.0 Å². The molecule has 2 aromatic carbocycles. The van der Waals surface area contributed by atoms with Crippen LogP contribution in [0, 0.1) is 0 Å². The summed E-state index contributed by atoms with van der Waals surface area (Å²) in [5.41, 5.74) is 1.94. The van der Waals surface area contributed by atoms with E-state index in [1.165, 1.54) is 14.2 Å². The quantitative estimate of drug-likeness (QED) is 0.455. The minimum Gasteiger partial charge on any atom is -0.493 e. The number of benzene rings is 2. The molecular weight excluding hydrogens is 422 g/mol. The molecule has 0 unspecified atom stereocenters. The number of alkyl halides is 1. The van der Waals surface area contributed by atoms with E-state index in [0.29, 0.717) is 51.6 Å². The van der Waals surface area contributed by atoms with Gasteiger partial charge in [-0.1, -0.05) is 13.0 Å². The smallest absolute Gasteiger partial charge is 0.338 e. The molecule has 0 aliphatic carbocycles. The van der Waals surface area contributed by atoms with E-state index in [4.69, 9.17) is 30.5 Å². The highest BCUT2D eigenvalue weighted by Crippen LogP contribution is 2.41. The van der Waals surface area contributed by atoms with E-state index in [0.717, 1.165) is 6.42 Å². The lowest BCUT2D eigenvalue weighted by Gasteiger charge is -2.18. The first-order chi connectivity index (χ1) is 15.0. The van der Waals surface area contributed by atoms with Gasteiger partial charge in [-0.05, 0) is 30.2 Å². The number of rotatable bonds is 9. The standard InChI is InChI=1S/C23H24ClNO6/c1-5-8-31-20-9-13(6-7-17(20)28-2)21-14-10-18(29-3)19(30-4)11-15(14)25-16(12-24)22(21)23(26)27/h6-7,9-11H,5,8,12H2,1-4H3,(H,26,27). The monoisotopic (exact) mass is 445 g/mol. The fourth-order valence-electron chi connectivity index (χ4n) is 3.43. The van der Waals surface area contributed by atoms with Crippen LogP contribution in [0.2, 0.25) is 0 Å². The first kappa shape index (κ1) is 22.5. The van der Waals surface area contributed by atoms with Crippen molar-refractivity contribution in [2.75, 3.05) is 27.9 Å². The van der Waals surface area contributed by atoms with Crippen molar-refractivity contribution in [3.05, 3.63) is 41.6 Å². The van der Waals surface area contributed by atoms with Gasteiger partial charge in [-0.15, -0.1) is 11.6 Å². The Hall–Kier alpha value is -3.19. The summed E-state index contributed by atoms with van der Waals surface area (Å²) in [6.45, 7) is 2.50. The summed E-state index contributed by atoms with van der Waals surface area (Å²) in [5.74, 6) is 0.846. The van der Waals surface area contributed by atoms with Gasteiger partial charge in [-0.2, -0.15) is 0 Å². The van der Waals surface area contributed by atoms with E-state index >= 15 is 0 Å². The second-order valence-electron chi connectivity index (χ2n) is 6.69. The van der Waals surface area contributed by atoms with Crippen LogP contribution < -0.4 is 18.9 Å². The van der Waals surface area contributed by atoms with Gasteiger partial charge in [-0.3, -0.25) is 4.98 Å². The van der Waals surface area contributed by atoms with Crippen molar-refractivity contribution in [1.29, 1.82) is 0 Å². The Labute approximate surface area is 185 Å². The van der Waals surface area contributed by atoms with Crippen LogP contribution in [0.1, 0.15) is 29.4 Å². The molecule has 3 rings (SSSR count). The summed E-state index contributed by atoms with van der Waals surface area (Å²) >= 11 is 6.09. The summed E-state index contributed by atoms with van der Waals surface area (Å²) < 4.78 is 22.0. The summed E-state index contributed by atoms with van der Waals surface area (Å²) in [7, 11) is 4.60. The van der Waals surface area contributed by atoms with Gasteiger partial charge in [0.05, 0.1) is 50.6 Å². The minimum atomic E-state index is -1.12. The molecule has 0 saturated heterocycles. The normalized spacial score (nSPS) is 10.7. The Kier molecular flexibility index (Phi) is 7.07. The number of methoxy groups -OCH3 is 3. The molecule has 0 saturated carbocycles. The van der Waals surface area contributed by atoms with Crippen molar-refractivity contribution in [3.8, 4) is 34.1 Å². The number of hydrogen-bond acceptors (Lipinski definition) is 6. The molecule has 0 spiro atoms. The molecule has 0 amide bonds. The van der Waals surface area contributed by atoms with Gasteiger partial charge in [0.2, 0.25) is 0 Å². The first-order valence-electron chi connectivity index (χ1n) is 9.68. The maximum Gasteiger partial charge on any atom is 0.338 e. The second-order valence-corrected chi connectivity index (χ2v) is 6.95. The Morgan fingerprint density at radius 3 is 2.26 bits per heavy atom. The van der Waals surface area contributed by atoms with Gasteiger partial charge in [0.25, 0.3) is 0 Å². The molecule has 1 N–H and O–H groups in total. The molecular formula is C23H24ClNO6. The highest BCUT2D eigenvalue weighted by atomic mass is 35.5. The number of hydrogen-bond donors (Lipinski definition) is 1. The molecule has 0 fully saturated rings. The Bertz CT molecular complexity index is 1120. The van der Waals surface area contributed by atoms with Crippen molar-refractivity contribution in [2.45, 2.75) is 19.2 Å². The van der Waals surface area contributed by atoms with E-state index in [2.05, 4.69) is 4.98 Å². The average molecular weight is 446 g/mol. The number of aromatic carboxylic acids is 1. The van der Waals surface area contributed by atoms with Crippen molar-refractivity contribution in [2.24, 2.45) is 0 Å². The number of aromatic nitrogens is 1. The average Bonchev–Trinajstić information content (AvgIpc) is 2.79. The number of carboxylic acids is 1. The van der Waals surface area contributed by atoms with Crippen LogP contribution >= 0.6 is 11.6 Å². The van der Waals surface area contributed by atoms with Crippen LogP contribution in [-0.4, -0.2) is 44.0 Å². The van der Waals surface area contributed by atoms with Gasteiger partial charge in [-0.25, -0.2) is 4.79 Å². The molecule has 0 aliphatic rings. The first-order valence-corrected chi connectivity index (χ1v) is 10.2. The number of halogens is 1. The van der Waals surface area contributed by atoms with Crippen LogP contribution in [0.3, 0.4) is 0 Å². The third kappa shape index (κ3) is 4.32. The molecule has 7 nitrogen and oxygen atoms in total. The highest BCUT2D eigenvalue weighted by Gasteiger charge is 2.24. The Balaban J connectivity index is 2.41. The summed E-state index contributed by atoms with van der Waals surface area (Å²) in [6.07, 6.45) is 0.819. The van der Waals surface area contributed by atoms with Crippen LogP contribution in [-0.2, 0) is 5.88 Å². The van der Waals surface area contributed by atoms with E-state index in [1.807, 2.05) is 6.92 Å². The minimum absolute atomic E-state index is 0.0290. The second kappa shape index (κ2) is 9.75. The summed E-state index contributed by atoms with van der Waals surface area (Å²) in [4.78, 5) is 16.8. The highest BCUT2D eigenvalue weighted by molar-refractivity contribution is 6.18. The summed E-state index contributed by atoms with van der Waals surface area (Å²) in [5, 5.41) is 10.6.